The zero-order valence-electron chi connectivity index (χ0n) is 21.9. The highest BCUT2D eigenvalue weighted by Crippen LogP contribution is 2.43. The van der Waals surface area contributed by atoms with E-state index in [1.807, 2.05) is 31.2 Å². The first-order valence-corrected chi connectivity index (χ1v) is 12.4. The number of hydrogen-bond donors (Lipinski definition) is 1. The van der Waals surface area contributed by atoms with Crippen LogP contribution in [0.15, 0.2) is 78.4 Å². The molecule has 0 aliphatic carbocycles. The second kappa shape index (κ2) is 10.5. The Morgan fingerprint density at radius 2 is 1.62 bits per heavy atom. The van der Waals surface area contributed by atoms with Crippen molar-refractivity contribution in [1.29, 1.82) is 0 Å². The minimum absolute atomic E-state index is 0.0389. The monoisotopic (exact) mass is 499 g/mol. The van der Waals surface area contributed by atoms with Crippen LogP contribution in [0.1, 0.15) is 56.8 Å². The highest BCUT2D eigenvalue weighted by molar-refractivity contribution is 6.51. The smallest absolute Gasteiger partial charge is 0.300 e. The number of amides is 1. The number of anilines is 1. The fourth-order valence-corrected chi connectivity index (χ4v) is 4.43. The molecule has 1 heterocycles. The maximum Gasteiger partial charge on any atom is 0.300 e. The molecule has 1 N–H and O–H groups in total. The summed E-state index contributed by atoms with van der Waals surface area (Å²) in [6.07, 6.45) is 0.841. The van der Waals surface area contributed by atoms with Gasteiger partial charge in [0, 0.05) is 11.3 Å². The van der Waals surface area contributed by atoms with Crippen LogP contribution < -0.4 is 14.4 Å². The van der Waals surface area contributed by atoms with Crippen LogP contribution in [0.3, 0.4) is 0 Å². The second-order valence-corrected chi connectivity index (χ2v) is 10.1. The summed E-state index contributed by atoms with van der Waals surface area (Å²) in [5, 5.41) is 11.4. The Balaban J connectivity index is 1.87. The van der Waals surface area contributed by atoms with Gasteiger partial charge in [0.05, 0.1) is 25.3 Å². The highest BCUT2D eigenvalue weighted by atomic mass is 16.5. The van der Waals surface area contributed by atoms with Gasteiger partial charge in [-0.3, -0.25) is 14.5 Å². The van der Waals surface area contributed by atoms with Crippen molar-refractivity contribution in [2.24, 2.45) is 0 Å². The predicted molar refractivity (Wildman–Crippen MR) is 145 cm³/mol. The second-order valence-electron chi connectivity index (χ2n) is 10.1. The average molecular weight is 500 g/mol. The number of ether oxygens (including phenoxy) is 2. The number of carbonyl (C=O) groups is 2. The molecule has 3 aromatic carbocycles. The molecule has 6 heteroatoms. The molecule has 1 fully saturated rings. The number of aliphatic hydroxyl groups is 1. The van der Waals surface area contributed by atoms with E-state index in [4.69, 9.17) is 9.47 Å². The first kappa shape index (κ1) is 26.0. The van der Waals surface area contributed by atoms with E-state index in [1.165, 1.54) is 4.90 Å². The van der Waals surface area contributed by atoms with Crippen LogP contribution in [0.2, 0.25) is 0 Å². The minimum atomic E-state index is -0.803. The fraction of sp³-hybridized carbons (Fsp3) is 0.290. The number of methoxy groups -OCH3 is 1. The summed E-state index contributed by atoms with van der Waals surface area (Å²) >= 11 is 0. The molecule has 0 aromatic heterocycles. The first-order valence-electron chi connectivity index (χ1n) is 12.4. The van der Waals surface area contributed by atoms with E-state index in [-0.39, 0.29) is 16.7 Å². The van der Waals surface area contributed by atoms with E-state index in [9.17, 15) is 14.7 Å². The molecule has 1 aliphatic heterocycles. The maximum atomic E-state index is 13.4. The van der Waals surface area contributed by atoms with Crippen molar-refractivity contribution < 1.29 is 24.2 Å². The third kappa shape index (κ3) is 5.24. The van der Waals surface area contributed by atoms with Gasteiger partial charge in [0.2, 0.25) is 0 Å². The van der Waals surface area contributed by atoms with Crippen molar-refractivity contribution in [3.05, 3.63) is 95.1 Å². The van der Waals surface area contributed by atoms with Crippen LogP contribution >= 0.6 is 0 Å². The van der Waals surface area contributed by atoms with Crippen LogP contribution in [-0.2, 0) is 15.0 Å². The summed E-state index contributed by atoms with van der Waals surface area (Å²) in [5.74, 6) is -0.453. The van der Waals surface area contributed by atoms with Gasteiger partial charge in [-0.1, -0.05) is 64.1 Å². The Hall–Kier alpha value is -4.06. The Bertz CT molecular complexity index is 1320. The van der Waals surface area contributed by atoms with Crippen molar-refractivity contribution in [2.75, 3.05) is 18.6 Å². The standard InChI is InChI=1S/C31H33NO5/c1-6-18-37-25-9-7-8-21(19-25)28(33)26-27(20-10-12-22(13-11-20)31(2,3)4)32(30(35)29(26)34)23-14-16-24(36-5)17-15-23/h7-17,19,27,33H,6,18H2,1-5H3/b28-26-. The molecule has 4 rings (SSSR count). The van der Waals surface area contributed by atoms with E-state index in [0.717, 1.165) is 17.5 Å². The molecule has 37 heavy (non-hydrogen) atoms. The lowest BCUT2D eigenvalue weighted by molar-refractivity contribution is -0.132. The molecule has 3 aromatic rings. The van der Waals surface area contributed by atoms with Crippen molar-refractivity contribution in [3.8, 4) is 11.5 Å². The minimum Gasteiger partial charge on any atom is -0.507 e. The third-order valence-electron chi connectivity index (χ3n) is 6.47. The lowest BCUT2D eigenvalue weighted by atomic mass is 9.85. The quantitative estimate of drug-likeness (QED) is 0.231. The molecule has 0 saturated carbocycles. The van der Waals surface area contributed by atoms with Crippen molar-refractivity contribution in [3.63, 3.8) is 0 Å². The molecule has 1 amide bonds. The highest BCUT2D eigenvalue weighted by Gasteiger charge is 2.47. The topological polar surface area (TPSA) is 76.1 Å². The summed E-state index contributed by atoms with van der Waals surface area (Å²) in [5.41, 5.74) is 2.78. The summed E-state index contributed by atoms with van der Waals surface area (Å²) in [7, 11) is 1.57. The number of aliphatic hydroxyl groups excluding tert-OH is 1. The molecule has 192 valence electrons. The van der Waals surface area contributed by atoms with Gasteiger partial charge in [-0.05, 0) is 59.4 Å². The fourth-order valence-electron chi connectivity index (χ4n) is 4.43. The molecule has 1 aliphatic rings. The van der Waals surface area contributed by atoms with Gasteiger partial charge in [0.25, 0.3) is 11.7 Å². The Labute approximate surface area is 218 Å². The summed E-state index contributed by atoms with van der Waals surface area (Å²) in [4.78, 5) is 28.3. The lowest BCUT2D eigenvalue weighted by Crippen LogP contribution is -2.29. The largest absolute Gasteiger partial charge is 0.507 e. The van der Waals surface area contributed by atoms with E-state index >= 15 is 0 Å². The van der Waals surface area contributed by atoms with Gasteiger partial charge < -0.3 is 14.6 Å². The lowest BCUT2D eigenvalue weighted by Gasteiger charge is -2.26. The molecule has 1 atom stereocenters. The van der Waals surface area contributed by atoms with Crippen LogP contribution in [0, 0.1) is 0 Å². The number of ketones is 1. The van der Waals surface area contributed by atoms with Gasteiger partial charge in [-0.25, -0.2) is 0 Å². The molecule has 1 saturated heterocycles. The van der Waals surface area contributed by atoms with Gasteiger partial charge in [0.15, 0.2) is 0 Å². The van der Waals surface area contributed by atoms with Gasteiger partial charge in [0.1, 0.15) is 17.3 Å². The number of benzene rings is 3. The zero-order chi connectivity index (χ0) is 26.7. The van der Waals surface area contributed by atoms with Gasteiger partial charge >= 0.3 is 0 Å². The molecule has 6 nitrogen and oxygen atoms in total. The van der Waals surface area contributed by atoms with E-state index < -0.39 is 17.7 Å². The van der Waals surface area contributed by atoms with Gasteiger partial charge in [-0.15, -0.1) is 0 Å². The van der Waals surface area contributed by atoms with Crippen LogP contribution in [0.25, 0.3) is 5.76 Å². The third-order valence-corrected chi connectivity index (χ3v) is 6.47. The summed E-state index contributed by atoms with van der Waals surface area (Å²) in [6.45, 7) is 8.92. The molecular weight excluding hydrogens is 466 g/mol. The Morgan fingerprint density at radius 1 is 0.946 bits per heavy atom. The number of Topliss-reactive ketones (excluding diaryl/α,β-unsaturated/α-hetero) is 1. The van der Waals surface area contributed by atoms with E-state index in [1.54, 1.807) is 55.6 Å². The normalized spacial score (nSPS) is 17.2. The predicted octanol–water partition coefficient (Wildman–Crippen LogP) is 6.41. The van der Waals surface area contributed by atoms with E-state index in [2.05, 4.69) is 20.8 Å². The van der Waals surface area contributed by atoms with Crippen molar-refractivity contribution in [1.82, 2.24) is 0 Å². The van der Waals surface area contributed by atoms with Crippen LogP contribution in [0.5, 0.6) is 11.5 Å². The number of carbonyl (C=O) groups excluding carboxylic acids is 2. The van der Waals surface area contributed by atoms with Crippen molar-refractivity contribution in [2.45, 2.75) is 45.6 Å². The number of nitrogens with zero attached hydrogens (tertiary/aromatic N) is 1. The Morgan fingerprint density at radius 3 is 2.22 bits per heavy atom. The van der Waals surface area contributed by atoms with Crippen LogP contribution in [-0.4, -0.2) is 30.5 Å². The summed E-state index contributed by atoms with van der Waals surface area (Å²) in [6, 6.07) is 20.9. The molecule has 0 radical (unpaired) electrons. The first-order chi connectivity index (χ1) is 17.7. The van der Waals surface area contributed by atoms with Crippen molar-refractivity contribution >= 4 is 23.1 Å². The molecule has 0 bridgehead atoms. The van der Waals surface area contributed by atoms with Crippen LogP contribution in [0.4, 0.5) is 5.69 Å². The van der Waals surface area contributed by atoms with Gasteiger partial charge in [-0.2, -0.15) is 0 Å². The molecular formula is C31H33NO5. The molecule has 1 unspecified atom stereocenters. The molecule has 0 spiro atoms. The number of rotatable bonds is 7. The number of hydrogen-bond acceptors (Lipinski definition) is 5. The maximum absolute atomic E-state index is 13.4. The average Bonchev–Trinajstić information content (AvgIpc) is 3.17. The summed E-state index contributed by atoms with van der Waals surface area (Å²) < 4.78 is 11.0. The van der Waals surface area contributed by atoms with E-state index in [0.29, 0.717) is 29.4 Å². The zero-order valence-corrected chi connectivity index (χ0v) is 21.9. The SMILES string of the molecule is CCCOc1cccc(/C(O)=C2/C(=O)C(=O)N(c3ccc(OC)cc3)C2c2ccc(C(C)(C)C)cc2)c1. The Kier molecular flexibility index (Phi) is 7.39.